The number of fused-ring (bicyclic) bond motifs is 1. The van der Waals surface area contributed by atoms with E-state index in [2.05, 4.69) is 17.0 Å². The standard InChI is InChI=1S/C16H16F2N2/c17-14-7-3-6-13(16(14)18)15(8-19)20-9-11-4-1-2-5-12(11)10-20/h1-7,15H,8-10,19H2. The highest BCUT2D eigenvalue weighted by atomic mass is 19.2. The molecule has 0 saturated carbocycles. The molecule has 4 heteroatoms. The fourth-order valence-corrected chi connectivity index (χ4v) is 2.83. The molecule has 2 aromatic rings. The van der Waals surface area contributed by atoms with Crippen LogP contribution in [0.4, 0.5) is 8.78 Å². The van der Waals surface area contributed by atoms with E-state index in [0.29, 0.717) is 18.7 Å². The summed E-state index contributed by atoms with van der Waals surface area (Å²) in [5.74, 6) is -1.61. The van der Waals surface area contributed by atoms with Gasteiger partial charge in [0.25, 0.3) is 0 Å². The molecule has 0 amide bonds. The first-order valence-electron chi connectivity index (χ1n) is 6.65. The highest BCUT2D eigenvalue weighted by Gasteiger charge is 2.28. The minimum Gasteiger partial charge on any atom is -0.329 e. The molecule has 0 aliphatic carbocycles. The Balaban J connectivity index is 1.91. The van der Waals surface area contributed by atoms with E-state index in [9.17, 15) is 8.78 Å². The summed E-state index contributed by atoms with van der Waals surface area (Å²) in [6.07, 6.45) is 0. The van der Waals surface area contributed by atoms with Crippen LogP contribution in [-0.4, -0.2) is 11.4 Å². The average molecular weight is 274 g/mol. The van der Waals surface area contributed by atoms with E-state index < -0.39 is 11.6 Å². The molecule has 0 aromatic heterocycles. The number of halogens is 2. The number of rotatable bonds is 3. The van der Waals surface area contributed by atoms with Crippen LogP contribution in [0.2, 0.25) is 0 Å². The van der Waals surface area contributed by atoms with Gasteiger partial charge in [0, 0.05) is 25.2 Å². The Morgan fingerprint density at radius 1 is 1.00 bits per heavy atom. The van der Waals surface area contributed by atoms with Crippen LogP contribution in [0.5, 0.6) is 0 Å². The summed E-state index contributed by atoms with van der Waals surface area (Å²) in [7, 11) is 0. The van der Waals surface area contributed by atoms with E-state index in [1.807, 2.05) is 12.1 Å². The van der Waals surface area contributed by atoms with Crippen LogP contribution in [0.1, 0.15) is 22.7 Å². The molecule has 20 heavy (non-hydrogen) atoms. The van der Waals surface area contributed by atoms with Crippen molar-refractivity contribution in [2.75, 3.05) is 6.54 Å². The molecule has 1 aliphatic rings. The zero-order chi connectivity index (χ0) is 14.1. The molecule has 1 atom stereocenters. The molecule has 0 bridgehead atoms. The summed E-state index contributed by atoms with van der Waals surface area (Å²) in [6, 6.07) is 12.1. The Morgan fingerprint density at radius 3 is 2.25 bits per heavy atom. The van der Waals surface area contributed by atoms with Crippen molar-refractivity contribution in [3.63, 3.8) is 0 Å². The summed E-state index contributed by atoms with van der Waals surface area (Å²) < 4.78 is 27.4. The first-order valence-corrected chi connectivity index (χ1v) is 6.65. The fourth-order valence-electron chi connectivity index (χ4n) is 2.83. The monoisotopic (exact) mass is 274 g/mol. The Labute approximate surface area is 116 Å². The van der Waals surface area contributed by atoms with Crippen LogP contribution in [0.25, 0.3) is 0 Å². The lowest BCUT2D eigenvalue weighted by atomic mass is 10.0. The highest BCUT2D eigenvalue weighted by molar-refractivity contribution is 5.32. The summed E-state index contributed by atoms with van der Waals surface area (Å²) in [5, 5.41) is 0. The summed E-state index contributed by atoms with van der Waals surface area (Å²) in [5.41, 5.74) is 8.59. The van der Waals surface area contributed by atoms with Crippen molar-refractivity contribution < 1.29 is 8.78 Å². The molecule has 0 saturated heterocycles. The second kappa shape index (κ2) is 5.31. The predicted octanol–water partition coefficient (Wildman–Crippen LogP) is 2.98. The first kappa shape index (κ1) is 13.2. The molecule has 2 N–H and O–H groups in total. The van der Waals surface area contributed by atoms with Gasteiger partial charge in [0.2, 0.25) is 0 Å². The van der Waals surface area contributed by atoms with Gasteiger partial charge >= 0.3 is 0 Å². The first-order chi connectivity index (χ1) is 9.70. The average Bonchev–Trinajstić information content (AvgIpc) is 2.87. The van der Waals surface area contributed by atoms with Gasteiger partial charge in [-0.15, -0.1) is 0 Å². The predicted molar refractivity (Wildman–Crippen MR) is 73.8 cm³/mol. The highest BCUT2D eigenvalue weighted by Crippen LogP contribution is 2.32. The summed E-state index contributed by atoms with van der Waals surface area (Å²) >= 11 is 0. The number of hydrogen-bond acceptors (Lipinski definition) is 2. The Morgan fingerprint density at radius 2 is 1.65 bits per heavy atom. The number of benzene rings is 2. The molecule has 1 aliphatic heterocycles. The number of nitrogens with two attached hydrogens (primary N) is 1. The van der Waals surface area contributed by atoms with Gasteiger partial charge in [0.05, 0.1) is 6.04 Å². The van der Waals surface area contributed by atoms with Crippen molar-refractivity contribution in [2.24, 2.45) is 5.73 Å². The molecule has 3 rings (SSSR count). The van der Waals surface area contributed by atoms with Crippen molar-refractivity contribution in [1.82, 2.24) is 4.90 Å². The van der Waals surface area contributed by atoms with Crippen LogP contribution in [0.3, 0.4) is 0 Å². The van der Waals surface area contributed by atoms with Crippen molar-refractivity contribution in [1.29, 1.82) is 0 Å². The summed E-state index contributed by atoms with van der Waals surface area (Å²) in [4.78, 5) is 2.09. The van der Waals surface area contributed by atoms with Crippen molar-refractivity contribution in [3.8, 4) is 0 Å². The molecule has 0 spiro atoms. The third kappa shape index (κ3) is 2.21. The van der Waals surface area contributed by atoms with E-state index in [1.165, 1.54) is 17.2 Å². The van der Waals surface area contributed by atoms with Crippen LogP contribution in [-0.2, 0) is 13.1 Å². The van der Waals surface area contributed by atoms with E-state index >= 15 is 0 Å². The Kier molecular flexibility index (Phi) is 3.51. The molecule has 1 unspecified atom stereocenters. The largest absolute Gasteiger partial charge is 0.329 e. The zero-order valence-electron chi connectivity index (χ0n) is 11.0. The molecule has 104 valence electrons. The molecule has 0 fully saturated rings. The van der Waals surface area contributed by atoms with Gasteiger partial charge < -0.3 is 5.73 Å². The second-order valence-corrected chi connectivity index (χ2v) is 5.07. The lowest BCUT2D eigenvalue weighted by molar-refractivity contribution is 0.200. The molecule has 2 nitrogen and oxygen atoms in total. The number of hydrogen-bond donors (Lipinski definition) is 1. The van der Waals surface area contributed by atoms with Gasteiger partial charge in [-0.25, -0.2) is 8.78 Å². The molecule has 1 heterocycles. The Hall–Kier alpha value is -1.78. The van der Waals surface area contributed by atoms with Crippen molar-refractivity contribution >= 4 is 0 Å². The maximum Gasteiger partial charge on any atom is 0.163 e. The minimum absolute atomic E-state index is 0.258. The minimum atomic E-state index is -0.822. The van der Waals surface area contributed by atoms with Crippen molar-refractivity contribution in [3.05, 3.63) is 70.8 Å². The maximum absolute atomic E-state index is 14.0. The van der Waals surface area contributed by atoms with Crippen LogP contribution >= 0.6 is 0 Å². The van der Waals surface area contributed by atoms with Crippen LogP contribution in [0, 0.1) is 11.6 Å². The van der Waals surface area contributed by atoms with Gasteiger partial charge in [-0.1, -0.05) is 36.4 Å². The smallest absolute Gasteiger partial charge is 0.163 e. The maximum atomic E-state index is 14.0. The quantitative estimate of drug-likeness (QED) is 0.932. The normalized spacial score (nSPS) is 16.1. The zero-order valence-corrected chi connectivity index (χ0v) is 11.0. The summed E-state index contributed by atoms with van der Waals surface area (Å²) in [6.45, 7) is 1.69. The molecular formula is C16H16F2N2. The third-order valence-corrected chi connectivity index (χ3v) is 3.87. The number of nitrogens with zero attached hydrogens (tertiary/aromatic N) is 1. The van der Waals surface area contributed by atoms with Crippen LogP contribution in [0.15, 0.2) is 42.5 Å². The molecule has 2 aromatic carbocycles. The van der Waals surface area contributed by atoms with E-state index in [4.69, 9.17) is 5.73 Å². The molecule has 0 radical (unpaired) electrons. The lowest BCUT2D eigenvalue weighted by Gasteiger charge is -2.27. The lowest BCUT2D eigenvalue weighted by Crippen LogP contribution is -2.30. The van der Waals surface area contributed by atoms with E-state index in [0.717, 1.165) is 6.07 Å². The second-order valence-electron chi connectivity index (χ2n) is 5.07. The van der Waals surface area contributed by atoms with Crippen LogP contribution < -0.4 is 5.73 Å². The molecular weight excluding hydrogens is 258 g/mol. The Bertz CT molecular complexity index is 603. The topological polar surface area (TPSA) is 29.3 Å². The van der Waals surface area contributed by atoms with E-state index in [1.54, 1.807) is 6.07 Å². The van der Waals surface area contributed by atoms with Gasteiger partial charge in [0.15, 0.2) is 11.6 Å². The van der Waals surface area contributed by atoms with Gasteiger partial charge in [-0.2, -0.15) is 0 Å². The van der Waals surface area contributed by atoms with Gasteiger partial charge in [-0.05, 0) is 17.2 Å². The van der Waals surface area contributed by atoms with Gasteiger partial charge in [0.1, 0.15) is 0 Å². The van der Waals surface area contributed by atoms with Gasteiger partial charge in [-0.3, -0.25) is 4.90 Å². The fraction of sp³-hybridized carbons (Fsp3) is 0.250. The SMILES string of the molecule is NCC(c1cccc(F)c1F)N1Cc2ccccc2C1. The van der Waals surface area contributed by atoms with Crippen molar-refractivity contribution in [2.45, 2.75) is 19.1 Å². The van der Waals surface area contributed by atoms with E-state index in [-0.39, 0.29) is 12.6 Å². The third-order valence-electron chi connectivity index (χ3n) is 3.87.